The number of halogens is 1. The molecule has 0 fully saturated rings. The fourth-order valence-electron chi connectivity index (χ4n) is 1.89. The van der Waals surface area contributed by atoms with Crippen LogP contribution in [0.4, 0.5) is 0 Å². The number of esters is 1. The summed E-state index contributed by atoms with van der Waals surface area (Å²) in [5.41, 5.74) is 5.96. The summed E-state index contributed by atoms with van der Waals surface area (Å²) in [5.74, 6) is -1.72. The number of hydrogen-bond acceptors (Lipinski definition) is 4. The first-order valence-corrected chi connectivity index (χ1v) is 7.85. The van der Waals surface area contributed by atoms with Crippen molar-refractivity contribution in [3.05, 3.63) is 69.7 Å². The molecule has 0 aliphatic rings. The summed E-state index contributed by atoms with van der Waals surface area (Å²) in [5, 5.41) is 0. The monoisotopic (exact) mass is 390 g/mol. The van der Waals surface area contributed by atoms with Crippen LogP contribution in [0.25, 0.3) is 0 Å². The zero-order valence-corrected chi connectivity index (χ0v) is 14.4. The maximum atomic E-state index is 11.9. The molecule has 2 rings (SSSR count). The van der Waals surface area contributed by atoms with E-state index in [1.54, 1.807) is 55.5 Å². The average molecular weight is 391 g/mol. The standard InChI is InChI=1S/C17H15BrN2O4/c1-11-6-2-3-7-12(11)17(23)24-10-15(21)19-20-16(22)13-8-4-5-9-14(13)18/h2-9H,10H2,1H3,(H,19,21)(H,20,22). The average Bonchev–Trinajstić information content (AvgIpc) is 2.58. The molecule has 2 amide bonds. The van der Waals surface area contributed by atoms with Crippen molar-refractivity contribution in [2.45, 2.75) is 6.92 Å². The van der Waals surface area contributed by atoms with E-state index in [0.717, 1.165) is 5.56 Å². The van der Waals surface area contributed by atoms with Gasteiger partial charge in [-0.1, -0.05) is 30.3 Å². The molecule has 6 nitrogen and oxygen atoms in total. The van der Waals surface area contributed by atoms with Crippen LogP contribution in [0.3, 0.4) is 0 Å². The highest BCUT2D eigenvalue weighted by Gasteiger charge is 2.13. The molecule has 24 heavy (non-hydrogen) atoms. The maximum absolute atomic E-state index is 11.9. The van der Waals surface area contributed by atoms with Crippen molar-refractivity contribution in [1.29, 1.82) is 0 Å². The normalized spacial score (nSPS) is 9.92. The minimum atomic E-state index is -0.641. The molecule has 0 saturated carbocycles. The first kappa shape index (κ1) is 17.7. The SMILES string of the molecule is Cc1ccccc1C(=O)OCC(=O)NNC(=O)c1ccccc1Br. The predicted octanol–water partition coefficient (Wildman–Crippen LogP) is 2.38. The Morgan fingerprint density at radius 1 is 0.958 bits per heavy atom. The van der Waals surface area contributed by atoms with Gasteiger partial charge in [-0.15, -0.1) is 0 Å². The summed E-state index contributed by atoms with van der Waals surface area (Å²) in [6.45, 7) is 1.28. The third-order valence-corrected chi connectivity index (χ3v) is 3.82. The Morgan fingerprint density at radius 3 is 2.25 bits per heavy atom. The van der Waals surface area contributed by atoms with Crippen LogP contribution in [-0.2, 0) is 9.53 Å². The fraction of sp³-hybridized carbons (Fsp3) is 0.118. The van der Waals surface area contributed by atoms with Crippen LogP contribution in [0.1, 0.15) is 26.3 Å². The highest BCUT2D eigenvalue weighted by Crippen LogP contribution is 2.15. The molecule has 0 spiro atoms. The number of benzene rings is 2. The molecule has 2 N–H and O–H groups in total. The van der Waals surface area contributed by atoms with E-state index in [4.69, 9.17) is 4.74 Å². The van der Waals surface area contributed by atoms with Crippen LogP contribution in [0.2, 0.25) is 0 Å². The van der Waals surface area contributed by atoms with Crippen LogP contribution in [0, 0.1) is 6.92 Å². The van der Waals surface area contributed by atoms with Gasteiger partial charge in [-0.2, -0.15) is 0 Å². The first-order valence-electron chi connectivity index (χ1n) is 7.05. The third kappa shape index (κ3) is 4.66. The second-order valence-electron chi connectivity index (χ2n) is 4.87. The quantitative estimate of drug-likeness (QED) is 0.619. The van der Waals surface area contributed by atoms with Crippen molar-refractivity contribution < 1.29 is 19.1 Å². The number of ether oxygens (including phenoxy) is 1. The number of nitrogens with one attached hydrogen (secondary N) is 2. The fourth-order valence-corrected chi connectivity index (χ4v) is 2.35. The van der Waals surface area contributed by atoms with E-state index in [1.807, 2.05) is 0 Å². The molecule has 0 saturated heterocycles. The van der Waals surface area contributed by atoms with Crippen LogP contribution >= 0.6 is 15.9 Å². The van der Waals surface area contributed by atoms with Crippen molar-refractivity contribution >= 4 is 33.7 Å². The molecule has 0 aliphatic heterocycles. The summed E-state index contributed by atoms with van der Waals surface area (Å²) in [6.07, 6.45) is 0. The number of rotatable bonds is 4. The van der Waals surface area contributed by atoms with Gasteiger partial charge in [0.1, 0.15) is 0 Å². The molecule has 2 aromatic carbocycles. The van der Waals surface area contributed by atoms with Gasteiger partial charge in [0.15, 0.2) is 6.61 Å². The number of amides is 2. The van der Waals surface area contributed by atoms with Crippen LogP contribution in [0.5, 0.6) is 0 Å². The molecule has 124 valence electrons. The highest BCUT2D eigenvalue weighted by molar-refractivity contribution is 9.10. The lowest BCUT2D eigenvalue weighted by Crippen LogP contribution is -2.43. The minimum absolute atomic E-state index is 0.370. The zero-order chi connectivity index (χ0) is 17.5. The van der Waals surface area contributed by atoms with Gasteiger partial charge < -0.3 is 4.74 Å². The van der Waals surface area contributed by atoms with E-state index in [9.17, 15) is 14.4 Å². The van der Waals surface area contributed by atoms with E-state index in [1.165, 1.54) is 0 Å². The van der Waals surface area contributed by atoms with Crippen LogP contribution in [-0.4, -0.2) is 24.4 Å². The van der Waals surface area contributed by atoms with E-state index < -0.39 is 24.4 Å². The molecule has 7 heteroatoms. The van der Waals surface area contributed by atoms with E-state index in [0.29, 0.717) is 15.6 Å². The molecule has 0 aliphatic carbocycles. The van der Waals surface area contributed by atoms with Crippen molar-refractivity contribution in [3.63, 3.8) is 0 Å². The molecule has 2 aromatic rings. The number of hydrazine groups is 1. The lowest BCUT2D eigenvalue weighted by molar-refractivity contribution is -0.125. The van der Waals surface area contributed by atoms with Gasteiger partial charge in [0.25, 0.3) is 11.8 Å². The van der Waals surface area contributed by atoms with Crippen molar-refractivity contribution in [1.82, 2.24) is 10.9 Å². The molecule has 0 radical (unpaired) electrons. The van der Waals surface area contributed by atoms with Gasteiger partial charge in [0.05, 0.1) is 11.1 Å². The molecular formula is C17H15BrN2O4. The Balaban J connectivity index is 1.82. The topological polar surface area (TPSA) is 84.5 Å². The minimum Gasteiger partial charge on any atom is -0.452 e. The van der Waals surface area contributed by atoms with Gasteiger partial charge in [-0.05, 0) is 46.6 Å². The lowest BCUT2D eigenvalue weighted by Gasteiger charge is -2.09. The lowest BCUT2D eigenvalue weighted by atomic mass is 10.1. The Morgan fingerprint density at radius 2 is 1.58 bits per heavy atom. The van der Waals surface area contributed by atoms with Crippen molar-refractivity contribution in [3.8, 4) is 0 Å². The molecule has 0 atom stereocenters. The number of carbonyl (C=O) groups is 3. The van der Waals surface area contributed by atoms with Crippen LogP contribution < -0.4 is 10.9 Å². The van der Waals surface area contributed by atoms with E-state index in [2.05, 4.69) is 26.8 Å². The second-order valence-corrected chi connectivity index (χ2v) is 5.73. The summed E-state index contributed by atoms with van der Waals surface area (Å²) in [4.78, 5) is 35.5. The largest absolute Gasteiger partial charge is 0.452 e. The van der Waals surface area contributed by atoms with Gasteiger partial charge in [-0.25, -0.2) is 4.79 Å². The summed E-state index contributed by atoms with van der Waals surface area (Å²) >= 11 is 3.24. The molecule has 0 aromatic heterocycles. The van der Waals surface area contributed by atoms with Gasteiger partial charge >= 0.3 is 5.97 Å². The molecule has 0 heterocycles. The number of hydrogen-bond donors (Lipinski definition) is 2. The van der Waals surface area contributed by atoms with Gasteiger partial charge in [0, 0.05) is 4.47 Å². The van der Waals surface area contributed by atoms with Crippen molar-refractivity contribution in [2.24, 2.45) is 0 Å². The summed E-state index contributed by atoms with van der Waals surface area (Å²) in [6, 6.07) is 13.7. The van der Waals surface area contributed by atoms with Crippen LogP contribution in [0.15, 0.2) is 53.0 Å². The first-order chi connectivity index (χ1) is 11.5. The zero-order valence-electron chi connectivity index (χ0n) is 12.8. The number of carbonyl (C=O) groups excluding carboxylic acids is 3. The Hall–Kier alpha value is -2.67. The van der Waals surface area contributed by atoms with Gasteiger partial charge in [0.2, 0.25) is 0 Å². The smallest absolute Gasteiger partial charge is 0.338 e. The van der Waals surface area contributed by atoms with Crippen molar-refractivity contribution in [2.75, 3.05) is 6.61 Å². The summed E-state index contributed by atoms with van der Waals surface area (Å²) < 4.78 is 5.52. The van der Waals surface area contributed by atoms with E-state index in [-0.39, 0.29) is 0 Å². The molecule has 0 bridgehead atoms. The van der Waals surface area contributed by atoms with E-state index >= 15 is 0 Å². The second kappa shape index (κ2) is 8.26. The Labute approximate surface area is 147 Å². The molecular weight excluding hydrogens is 376 g/mol. The maximum Gasteiger partial charge on any atom is 0.338 e. The highest BCUT2D eigenvalue weighted by atomic mass is 79.9. The Kier molecular flexibility index (Phi) is 6.08. The summed E-state index contributed by atoms with van der Waals surface area (Å²) in [7, 11) is 0. The third-order valence-electron chi connectivity index (χ3n) is 3.13. The Bertz CT molecular complexity index is 713. The predicted molar refractivity (Wildman–Crippen MR) is 91.2 cm³/mol. The molecule has 0 unspecified atom stereocenters. The van der Waals surface area contributed by atoms with Gasteiger partial charge in [-0.3, -0.25) is 20.4 Å². The number of aryl methyl sites for hydroxylation is 1.